The lowest BCUT2D eigenvalue weighted by Crippen LogP contribution is -2.50. The van der Waals surface area contributed by atoms with Crippen LogP contribution in [0.25, 0.3) is 0 Å². The molecule has 0 spiro atoms. The van der Waals surface area contributed by atoms with Gasteiger partial charge in [-0.2, -0.15) is 0 Å². The van der Waals surface area contributed by atoms with Crippen LogP contribution < -0.4 is 10.6 Å². The molecular formula is C17H26N2O2. The molecule has 2 amide bonds. The molecule has 21 heavy (non-hydrogen) atoms. The second-order valence-electron chi connectivity index (χ2n) is 6.40. The fraction of sp³-hybridized carbons (Fsp3) is 0.588. The third-order valence-electron chi connectivity index (χ3n) is 4.38. The first kappa shape index (κ1) is 15.8. The third-order valence-corrected chi connectivity index (χ3v) is 4.38. The number of aliphatic hydroxyl groups is 1. The highest BCUT2D eigenvalue weighted by Gasteiger charge is 2.34. The monoisotopic (exact) mass is 290 g/mol. The van der Waals surface area contributed by atoms with E-state index in [9.17, 15) is 9.90 Å². The molecule has 2 rings (SSSR count). The summed E-state index contributed by atoms with van der Waals surface area (Å²) in [4.78, 5) is 11.9. The molecule has 0 aliphatic heterocycles. The summed E-state index contributed by atoms with van der Waals surface area (Å²) < 4.78 is 0. The van der Waals surface area contributed by atoms with E-state index >= 15 is 0 Å². The van der Waals surface area contributed by atoms with Gasteiger partial charge in [-0.25, -0.2) is 4.79 Å². The lowest BCUT2D eigenvalue weighted by molar-refractivity contribution is -0.0290. The number of carbonyl (C=O) groups is 1. The Bertz CT molecular complexity index is 455. The van der Waals surface area contributed by atoms with Crippen LogP contribution in [0.15, 0.2) is 30.3 Å². The first-order valence-electron chi connectivity index (χ1n) is 7.79. The highest BCUT2D eigenvalue weighted by Crippen LogP contribution is 2.30. The van der Waals surface area contributed by atoms with Gasteiger partial charge < -0.3 is 15.7 Å². The molecule has 3 N–H and O–H groups in total. The lowest BCUT2D eigenvalue weighted by Gasteiger charge is -2.36. The van der Waals surface area contributed by atoms with Crippen molar-refractivity contribution >= 4 is 6.03 Å². The summed E-state index contributed by atoms with van der Waals surface area (Å²) in [7, 11) is 0. The number of amides is 2. The molecule has 0 bridgehead atoms. The van der Waals surface area contributed by atoms with E-state index in [4.69, 9.17) is 0 Å². The van der Waals surface area contributed by atoms with Crippen LogP contribution in [0, 0.1) is 5.92 Å². The van der Waals surface area contributed by atoms with Crippen molar-refractivity contribution in [3.63, 3.8) is 0 Å². The summed E-state index contributed by atoms with van der Waals surface area (Å²) in [5.74, 6) is 0.743. The maximum absolute atomic E-state index is 11.9. The van der Waals surface area contributed by atoms with Gasteiger partial charge >= 0.3 is 6.03 Å². The van der Waals surface area contributed by atoms with Gasteiger partial charge in [0.15, 0.2) is 0 Å². The quantitative estimate of drug-likeness (QED) is 0.754. The molecule has 1 aromatic rings. The van der Waals surface area contributed by atoms with Crippen LogP contribution in [0.1, 0.15) is 44.6 Å². The zero-order valence-corrected chi connectivity index (χ0v) is 12.9. The molecule has 1 atom stereocenters. The summed E-state index contributed by atoms with van der Waals surface area (Å²) >= 11 is 0. The fourth-order valence-electron chi connectivity index (χ4n) is 2.71. The predicted octanol–water partition coefficient (Wildman–Crippen LogP) is 2.64. The van der Waals surface area contributed by atoms with E-state index in [1.54, 1.807) is 0 Å². The number of urea groups is 1. The Balaban J connectivity index is 1.80. The minimum absolute atomic E-state index is 0.197. The predicted molar refractivity (Wildman–Crippen MR) is 84.2 cm³/mol. The van der Waals surface area contributed by atoms with Crippen LogP contribution in [0.3, 0.4) is 0 Å². The van der Waals surface area contributed by atoms with Gasteiger partial charge in [0.25, 0.3) is 0 Å². The average Bonchev–Trinajstić information content (AvgIpc) is 2.44. The van der Waals surface area contributed by atoms with Crippen LogP contribution in [0.2, 0.25) is 0 Å². The van der Waals surface area contributed by atoms with Crippen molar-refractivity contribution in [3.05, 3.63) is 35.9 Å². The van der Waals surface area contributed by atoms with Crippen molar-refractivity contribution in [3.8, 4) is 0 Å². The Morgan fingerprint density at radius 1 is 1.24 bits per heavy atom. The molecule has 0 radical (unpaired) electrons. The summed E-state index contributed by atoms with van der Waals surface area (Å²) in [6, 6.07) is 10.0. The van der Waals surface area contributed by atoms with Gasteiger partial charge in [0.2, 0.25) is 0 Å². The number of benzene rings is 1. The fourth-order valence-corrected chi connectivity index (χ4v) is 2.71. The van der Waals surface area contributed by atoms with Gasteiger partial charge in [-0.15, -0.1) is 0 Å². The number of nitrogens with one attached hydrogen (secondary N) is 2. The van der Waals surface area contributed by atoms with Gasteiger partial charge in [-0.1, -0.05) is 44.2 Å². The molecule has 1 fully saturated rings. The number of hydrogen-bond donors (Lipinski definition) is 3. The molecular weight excluding hydrogens is 264 g/mol. The first-order valence-corrected chi connectivity index (χ1v) is 7.79. The number of carbonyl (C=O) groups excluding carboxylic acids is 1. The SMILES string of the molecule is CC(C)C(CNC(=O)NCC1(O)CCC1)c1ccccc1. The van der Waals surface area contributed by atoms with Crippen molar-refractivity contribution < 1.29 is 9.90 Å². The largest absolute Gasteiger partial charge is 0.388 e. The highest BCUT2D eigenvalue weighted by molar-refractivity contribution is 5.74. The zero-order chi connectivity index (χ0) is 15.3. The van der Waals surface area contributed by atoms with E-state index in [2.05, 4.69) is 36.6 Å². The van der Waals surface area contributed by atoms with Crippen molar-refractivity contribution in [1.82, 2.24) is 10.6 Å². The van der Waals surface area contributed by atoms with Crippen molar-refractivity contribution in [1.29, 1.82) is 0 Å². The van der Waals surface area contributed by atoms with E-state index < -0.39 is 5.60 Å². The molecule has 4 nitrogen and oxygen atoms in total. The van der Waals surface area contributed by atoms with Crippen LogP contribution in [0.4, 0.5) is 4.79 Å². The van der Waals surface area contributed by atoms with E-state index in [0.29, 0.717) is 24.9 Å². The van der Waals surface area contributed by atoms with Crippen LogP contribution in [-0.4, -0.2) is 29.8 Å². The van der Waals surface area contributed by atoms with Crippen LogP contribution >= 0.6 is 0 Å². The Morgan fingerprint density at radius 3 is 2.43 bits per heavy atom. The molecule has 1 aliphatic carbocycles. The zero-order valence-electron chi connectivity index (χ0n) is 12.9. The topological polar surface area (TPSA) is 61.4 Å². The summed E-state index contributed by atoms with van der Waals surface area (Å²) in [6.07, 6.45) is 2.61. The van der Waals surface area contributed by atoms with Crippen molar-refractivity contribution in [2.75, 3.05) is 13.1 Å². The Morgan fingerprint density at radius 2 is 1.90 bits per heavy atom. The second kappa shape index (κ2) is 6.94. The summed E-state index contributed by atoms with van der Waals surface area (Å²) in [5.41, 5.74) is 0.569. The standard InChI is InChI=1S/C17H26N2O2/c1-13(2)15(14-7-4-3-5-8-14)11-18-16(20)19-12-17(21)9-6-10-17/h3-5,7-8,13,15,21H,6,9-12H2,1-2H3,(H2,18,19,20). The molecule has 1 aromatic carbocycles. The second-order valence-corrected chi connectivity index (χ2v) is 6.40. The average molecular weight is 290 g/mol. The Labute approximate surface area is 126 Å². The molecule has 4 heteroatoms. The summed E-state index contributed by atoms with van der Waals surface area (Å²) in [5, 5.41) is 15.7. The first-order chi connectivity index (χ1) is 10.0. The van der Waals surface area contributed by atoms with Gasteiger partial charge in [0.05, 0.1) is 5.60 Å². The molecule has 1 saturated carbocycles. The minimum atomic E-state index is -0.672. The normalized spacial score (nSPS) is 17.9. The maximum Gasteiger partial charge on any atom is 0.314 e. The number of rotatable bonds is 6. The van der Waals surface area contributed by atoms with E-state index in [1.165, 1.54) is 5.56 Å². The van der Waals surface area contributed by atoms with Gasteiger partial charge in [0.1, 0.15) is 0 Å². The molecule has 0 saturated heterocycles. The van der Waals surface area contributed by atoms with Crippen LogP contribution in [0.5, 0.6) is 0 Å². The highest BCUT2D eigenvalue weighted by atomic mass is 16.3. The molecule has 1 unspecified atom stereocenters. The molecule has 116 valence electrons. The minimum Gasteiger partial charge on any atom is -0.388 e. The van der Waals surface area contributed by atoms with Crippen molar-refractivity contribution in [2.45, 2.75) is 44.6 Å². The number of hydrogen-bond acceptors (Lipinski definition) is 2. The summed E-state index contributed by atoms with van der Waals surface area (Å²) in [6.45, 7) is 5.27. The third kappa shape index (κ3) is 4.46. The van der Waals surface area contributed by atoms with Crippen LogP contribution in [-0.2, 0) is 0 Å². The van der Waals surface area contributed by atoms with Crippen molar-refractivity contribution in [2.24, 2.45) is 5.92 Å². The smallest absolute Gasteiger partial charge is 0.314 e. The molecule has 0 heterocycles. The maximum atomic E-state index is 11.9. The van der Waals surface area contributed by atoms with Gasteiger partial charge in [0, 0.05) is 19.0 Å². The van der Waals surface area contributed by atoms with Gasteiger partial charge in [-0.3, -0.25) is 0 Å². The van der Waals surface area contributed by atoms with E-state index in [0.717, 1.165) is 19.3 Å². The van der Waals surface area contributed by atoms with Gasteiger partial charge in [-0.05, 0) is 30.7 Å². The van der Waals surface area contributed by atoms with E-state index in [-0.39, 0.29) is 6.03 Å². The molecule has 1 aliphatic rings. The van der Waals surface area contributed by atoms with E-state index in [1.807, 2.05) is 18.2 Å². The Kier molecular flexibility index (Phi) is 5.23. The lowest BCUT2D eigenvalue weighted by atomic mass is 9.80. The Hall–Kier alpha value is -1.55. The molecule has 0 aromatic heterocycles.